The zero-order valence-corrected chi connectivity index (χ0v) is 18.5. The highest BCUT2D eigenvalue weighted by atomic mass is 19.1. The molecule has 7 heteroatoms. The van der Waals surface area contributed by atoms with Crippen molar-refractivity contribution >= 4 is 17.5 Å². The van der Waals surface area contributed by atoms with Gasteiger partial charge in [0.1, 0.15) is 5.60 Å². The first kappa shape index (κ1) is 22.3. The molecule has 31 heavy (non-hydrogen) atoms. The van der Waals surface area contributed by atoms with Crippen LogP contribution in [0.15, 0.2) is 23.8 Å². The zero-order valence-electron chi connectivity index (χ0n) is 18.5. The smallest absolute Gasteiger partial charge is 0.303 e. The van der Waals surface area contributed by atoms with E-state index in [1.54, 1.807) is 26.8 Å². The molecular formula is C24H31FO6. The Morgan fingerprint density at radius 3 is 2.61 bits per heavy atom. The van der Waals surface area contributed by atoms with Crippen molar-refractivity contribution in [1.82, 2.24) is 0 Å². The quantitative estimate of drug-likeness (QED) is 0.662. The largest absolute Gasteiger partial charge is 0.458 e. The number of hydrogen-bond donors (Lipinski definition) is 2. The molecule has 0 aromatic rings. The van der Waals surface area contributed by atoms with Crippen LogP contribution < -0.4 is 0 Å². The summed E-state index contributed by atoms with van der Waals surface area (Å²) in [7, 11) is 0. The van der Waals surface area contributed by atoms with Crippen LogP contribution in [-0.2, 0) is 19.1 Å². The molecule has 0 amide bonds. The van der Waals surface area contributed by atoms with E-state index >= 15 is 4.39 Å². The molecule has 6 nitrogen and oxygen atoms in total. The fourth-order valence-corrected chi connectivity index (χ4v) is 7.42. The Morgan fingerprint density at radius 1 is 1.29 bits per heavy atom. The highest BCUT2D eigenvalue weighted by molar-refractivity contribution is 6.01. The topological polar surface area (TPSA) is 101 Å². The molecule has 0 saturated heterocycles. The molecule has 0 aromatic heterocycles. The zero-order chi connectivity index (χ0) is 23.0. The summed E-state index contributed by atoms with van der Waals surface area (Å²) in [5, 5.41) is 22.9. The van der Waals surface area contributed by atoms with E-state index < -0.39 is 58.4 Å². The van der Waals surface area contributed by atoms with Crippen molar-refractivity contribution < 1.29 is 33.7 Å². The summed E-state index contributed by atoms with van der Waals surface area (Å²) in [4.78, 5) is 36.2. The fraction of sp³-hybridized carbons (Fsp3) is 0.708. The molecule has 8 atom stereocenters. The maximum atomic E-state index is 17.0. The van der Waals surface area contributed by atoms with Crippen LogP contribution in [-0.4, -0.2) is 51.7 Å². The predicted octanol–water partition coefficient (Wildman–Crippen LogP) is 2.47. The molecule has 4 aliphatic carbocycles. The molecule has 4 rings (SSSR count). The second-order valence-electron chi connectivity index (χ2n) is 10.4. The number of alkyl halides is 1. The molecule has 170 valence electrons. The number of Topliss-reactive ketones (excluding diaryl/α,β-unsaturated/α-hetero) is 1. The monoisotopic (exact) mass is 434 g/mol. The summed E-state index contributed by atoms with van der Waals surface area (Å²) in [5.41, 5.74) is -5.33. The van der Waals surface area contributed by atoms with Crippen LogP contribution in [0.2, 0.25) is 0 Å². The minimum Gasteiger partial charge on any atom is -0.458 e. The van der Waals surface area contributed by atoms with Crippen LogP contribution in [0.1, 0.15) is 53.4 Å². The third kappa shape index (κ3) is 2.65. The molecule has 3 saturated carbocycles. The first-order chi connectivity index (χ1) is 14.3. The van der Waals surface area contributed by atoms with Crippen LogP contribution in [0.5, 0.6) is 0 Å². The molecule has 0 heterocycles. The van der Waals surface area contributed by atoms with E-state index in [1.807, 2.05) is 0 Å². The molecule has 0 aliphatic heterocycles. The van der Waals surface area contributed by atoms with Gasteiger partial charge in [0.15, 0.2) is 18.1 Å². The lowest BCUT2D eigenvalue weighted by atomic mass is 9.44. The number of rotatable bonds is 3. The van der Waals surface area contributed by atoms with Gasteiger partial charge in [-0.2, -0.15) is 0 Å². The summed E-state index contributed by atoms with van der Waals surface area (Å²) >= 11 is 0. The summed E-state index contributed by atoms with van der Waals surface area (Å²) in [6.07, 6.45) is 4.29. The first-order valence-electron chi connectivity index (χ1n) is 11.0. The number of ether oxygens (including phenoxy) is 1. The minimum absolute atomic E-state index is 0.0953. The van der Waals surface area contributed by atoms with Crippen LogP contribution >= 0.6 is 0 Å². The van der Waals surface area contributed by atoms with Crippen LogP contribution in [0.25, 0.3) is 0 Å². The number of aliphatic hydroxyl groups excluding tert-OH is 1. The lowest BCUT2D eigenvalue weighted by Gasteiger charge is -2.62. The normalized spacial score (nSPS) is 48.4. The Balaban J connectivity index is 1.76. The summed E-state index contributed by atoms with van der Waals surface area (Å²) < 4.78 is 21.9. The Morgan fingerprint density at radius 2 is 1.97 bits per heavy atom. The van der Waals surface area contributed by atoms with Gasteiger partial charge < -0.3 is 14.9 Å². The van der Waals surface area contributed by atoms with E-state index in [1.165, 1.54) is 19.1 Å². The highest BCUT2D eigenvalue weighted by Crippen LogP contribution is 2.70. The van der Waals surface area contributed by atoms with E-state index in [0.717, 1.165) is 0 Å². The van der Waals surface area contributed by atoms with Gasteiger partial charge in [-0.05, 0) is 56.6 Å². The predicted molar refractivity (Wildman–Crippen MR) is 109 cm³/mol. The lowest BCUT2D eigenvalue weighted by molar-refractivity contribution is -0.219. The Hall–Kier alpha value is -1.86. The van der Waals surface area contributed by atoms with Crippen molar-refractivity contribution in [2.75, 3.05) is 6.61 Å². The molecule has 0 radical (unpaired) electrons. The molecule has 0 bridgehead atoms. The van der Waals surface area contributed by atoms with Gasteiger partial charge in [0.2, 0.25) is 5.78 Å². The van der Waals surface area contributed by atoms with Crippen molar-refractivity contribution in [3.8, 4) is 0 Å². The standard InChI is InChI=1S/C24H31FO6/c1-13-9-18-17-6-5-15-10-16(27)7-8-21(15,3)23(17,25)19(28)11-22(18,4)24(13,30)20(29)12-31-14(2)26/h7-8,10,13,17-19,28,30H,5-6,9,11-12H2,1-4H3/t13-,17+,18-,19+,21+,22-,23+,24+/m1/s1. The first-order valence-corrected chi connectivity index (χ1v) is 11.0. The van der Waals surface area contributed by atoms with Crippen molar-refractivity contribution in [1.29, 1.82) is 0 Å². The third-order valence-electron chi connectivity index (χ3n) is 9.05. The number of hydrogen-bond acceptors (Lipinski definition) is 6. The highest BCUT2D eigenvalue weighted by Gasteiger charge is 2.75. The van der Waals surface area contributed by atoms with Crippen molar-refractivity contribution in [2.45, 2.75) is 70.8 Å². The second-order valence-corrected chi connectivity index (χ2v) is 10.4. The number of ketones is 2. The van der Waals surface area contributed by atoms with Crippen molar-refractivity contribution in [2.24, 2.45) is 28.6 Å². The van der Waals surface area contributed by atoms with Gasteiger partial charge in [-0.15, -0.1) is 0 Å². The van der Waals surface area contributed by atoms with Crippen LogP contribution in [0, 0.1) is 28.6 Å². The third-order valence-corrected chi connectivity index (χ3v) is 9.05. The van der Waals surface area contributed by atoms with Gasteiger partial charge in [0.25, 0.3) is 0 Å². The van der Waals surface area contributed by atoms with Gasteiger partial charge in [-0.3, -0.25) is 14.4 Å². The van der Waals surface area contributed by atoms with E-state index in [-0.39, 0.29) is 18.1 Å². The Kier molecular flexibility index (Phi) is 4.91. The average molecular weight is 435 g/mol. The van der Waals surface area contributed by atoms with E-state index in [9.17, 15) is 24.6 Å². The van der Waals surface area contributed by atoms with Gasteiger partial charge in [-0.25, -0.2) is 4.39 Å². The van der Waals surface area contributed by atoms with Gasteiger partial charge in [-0.1, -0.05) is 25.5 Å². The molecule has 3 fully saturated rings. The summed E-state index contributed by atoms with van der Waals surface area (Å²) in [5.74, 6) is -2.80. The van der Waals surface area contributed by atoms with Crippen molar-refractivity contribution in [3.63, 3.8) is 0 Å². The number of esters is 1. The molecule has 0 unspecified atom stereocenters. The number of allylic oxidation sites excluding steroid dienone is 4. The maximum Gasteiger partial charge on any atom is 0.303 e. The SMILES string of the molecule is CC(=O)OCC(=O)[C@@]1(O)[C@H](C)C[C@@H]2[C@@H]3CCC4=CC(=O)C=C[C@]4(C)[C@@]3(F)[C@@H](O)C[C@]21C. The molecular weight excluding hydrogens is 403 g/mol. The lowest BCUT2D eigenvalue weighted by Crippen LogP contribution is -2.69. The van der Waals surface area contributed by atoms with E-state index in [0.29, 0.717) is 24.8 Å². The number of carbonyl (C=O) groups is 3. The van der Waals surface area contributed by atoms with Crippen LogP contribution in [0.3, 0.4) is 0 Å². The summed E-state index contributed by atoms with van der Waals surface area (Å²) in [6.45, 7) is 5.89. The number of fused-ring (bicyclic) bond motifs is 5. The second kappa shape index (κ2) is 6.82. The fourth-order valence-electron chi connectivity index (χ4n) is 7.42. The minimum atomic E-state index is -2.01. The number of aliphatic hydroxyl groups is 2. The molecule has 2 N–H and O–H groups in total. The average Bonchev–Trinajstić information content (AvgIpc) is 2.89. The van der Waals surface area contributed by atoms with Crippen molar-refractivity contribution in [3.05, 3.63) is 23.8 Å². The number of halogens is 1. The molecule has 0 spiro atoms. The van der Waals surface area contributed by atoms with Crippen LogP contribution in [0.4, 0.5) is 4.39 Å². The van der Waals surface area contributed by atoms with E-state index in [4.69, 9.17) is 4.74 Å². The molecule has 4 aliphatic rings. The Bertz CT molecular complexity index is 910. The Labute approximate surface area is 181 Å². The van der Waals surface area contributed by atoms with Gasteiger partial charge in [0, 0.05) is 23.7 Å². The maximum absolute atomic E-state index is 17.0. The summed E-state index contributed by atoms with van der Waals surface area (Å²) in [6, 6.07) is 0. The van der Waals surface area contributed by atoms with Gasteiger partial charge in [0.05, 0.1) is 6.10 Å². The van der Waals surface area contributed by atoms with Gasteiger partial charge >= 0.3 is 5.97 Å². The van der Waals surface area contributed by atoms with E-state index in [2.05, 4.69) is 0 Å². The molecule has 0 aromatic carbocycles. The number of carbonyl (C=O) groups excluding carboxylic acids is 3.